The Morgan fingerprint density at radius 1 is 1.38 bits per heavy atom. The van der Waals surface area contributed by atoms with Crippen molar-refractivity contribution in [3.05, 3.63) is 51.5 Å². The Labute approximate surface area is 146 Å². The van der Waals surface area contributed by atoms with Crippen molar-refractivity contribution >= 4 is 17.4 Å². The maximum atomic E-state index is 12.0. The number of aryl methyl sites for hydroxylation is 1. The van der Waals surface area contributed by atoms with Gasteiger partial charge in [-0.15, -0.1) is 11.3 Å². The molecule has 2 aromatic rings. The minimum absolute atomic E-state index is 0.0617. The number of urea groups is 1. The van der Waals surface area contributed by atoms with Crippen molar-refractivity contribution in [1.29, 1.82) is 0 Å². The molecular formula is C19H23N3OS. The Morgan fingerprint density at radius 2 is 2.21 bits per heavy atom. The van der Waals surface area contributed by atoms with Crippen LogP contribution >= 0.6 is 11.3 Å². The highest BCUT2D eigenvalue weighted by Gasteiger charge is 2.54. The molecule has 0 aliphatic heterocycles. The molecule has 4 rings (SSSR count). The monoisotopic (exact) mass is 341 g/mol. The van der Waals surface area contributed by atoms with Crippen molar-refractivity contribution < 1.29 is 4.79 Å². The third-order valence-electron chi connectivity index (χ3n) is 5.33. The molecule has 2 aliphatic carbocycles. The molecule has 4 atom stereocenters. The summed E-state index contributed by atoms with van der Waals surface area (Å²) in [5.41, 5.74) is 4.05. The van der Waals surface area contributed by atoms with Crippen LogP contribution in [0.3, 0.4) is 0 Å². The lowest BCUT2D eigenvalue weighted by molar-refractivity contribution is 0.239. The van der Waals surface area contributed by atoms with Gasteiger partial charge in [-0.2, -0.15) is 0 Å². The van der Waals surface area contributed by atoms with E-state index in [0.29, 0.717) is 18.4 Å². The number of nitrogens with one attached hydrogen (secondary N) is 2. The van der Waals surface area contributed by atoms with E-state index in [1.54, 1.807) is 11.3 Å². The van der Waals surface area contributed by atoms with Gasteiger partial charge >= 0.3 is 6.03 Å². The van der Waals surface area contributed by atoms with E-state index in [4.69, 9.17) is 0 Å². The molecule has 126 valence electrons. The number of nitrogens with zero attached hydrogens (tertiary/aromatic N) is 1. The zero-order chi connectivity index (χ0) is 16.7. The largest absolute Gasteiger partial charge is 0.338 e. The number of fused-ring (bicyclic) bond motifs is 3. The second kappa shape index (κ2) is 6.20. The van der Waals surface area contributed by atoms with Gasteiger partial charge in [0.15, 0.2) is 0 Å². The summed E-state index contributed by atoms with van der Waals surface area (Å²) in [7, 11) is 0. The highest BCUT2D eigenvalue weighted by molar-refractivity contribution is 7.09. The highest BCUT2D eigenvalue weighted by atomic mass is 32.1. The van der Waals surface area contributed by atoms with Crippen LogP contribution < -0.4 is 10.6 Å². The number of aromatic nitrogens is 1. The van der Waals surface area contributed by atoms with Crippen molar-refractivity contribution in [2.24, 2.45) is 11.8 Å². The van der Waals surface area contributed by atoms with Gasteiger partial charge in [-0.25, -0.2) is 9.78 Å². The van der Waals surface area contributed by atoms with Gasteiger partial charge in [-0.3, -0.25) is 0 Å². The van der Waals surface area contributed by atoms with Gasteiger partial charge in [0.1, 0.15) is 0 Å². The van der Waals surface area contributed by atoms with E-state index in [0.717, 1.165) is 23.2 Å². The zero-order valence-corrected chi connectivity index (χ0v) is 14.9. The number of benzene rings is 1. The predicted molar refractivity (Wildman–Crippen MR) is 96.5 cm³/mol. The van der Waals surface area contributed by atoms with Gasteiger partial charge in [0.05, 0.1) is 5.01 Å². The number of amides is 2. The van der Waals surface area contributed by atoms with Crippen LogP contribution in [0.5, 0.6) is 0 Å². The molecule has 1 heterocycles. The minimum Gasteiger partial charge on any atom is -0.338 e. The second-order valence-corrected chi connectivity index (χ2v) is 7.97. The highest BCUT2D eigenvalue weighted by Crippen LogP contribution is 2.60. The molecule has 0 unspecified atom stereocenters. The fraction of sp³-hybridized carbons (Fsp3) is 0.474. The Morgan fingerprint density at radius 3 is 3.00 bits per heavy atom. The SMILES string of the molecule is Cc1csc([C@H](C)CNC(=O)NC[C@@H]2[C@@H]3Cc4ccccc4[C@H]23)n1. The molecule has 1 fully saturated rings. The summed E-state index contributed by atoms with van der Waals surface area (Å²) in [5, 5.41) is 9.16. The molecule has 1 aromatic carbocycles. The van der Waals surface area contributed by atoms with Crippen molar-refractivity contribution in [3.8, 4) is 0 Å². The number of hydrogen-bond donors (Lipinski definition) is 2. The van der Waals surface area contributed by atoms with Crippen molar-refractivity contribution in [3.63, 3.8) is 0 Å². The topological polar surface area (TPSA) is 54.0 Å². The number of carbonyl (C=O) groups excluding carboxylic acids is 1. The Bertz CT molecular complexity index is 757. The van der Waals surface area contributed by atoms with Crippen LogP contribution in [0.4, 0.5) is 4.79 Å². The first-order valence-corrected chi connectivity index (χ1v) is 9.53. The number of carbonyl (C=O) groups is 1. The molecule has 5 heteroatoms. The van der Waals surface area contributed by atoms with E-state index in [1.807, 2.05) is 6.92 Å². The standard InChI is InChI=1S/C19H23N3OS/c1-11(18-22-12(2)10-24-18)8-20-19(23)21-9-16-15-7-13-5-3-4-6-14(13)17(15)16/h3-6,10-11,15-17H,7-9H2,1-2H3,(H2,20,21,23)/t11-,15+,16-,17+/m1/s1. The van der Waals surface area contributed by atoms with Gasteiger partial charge in [0.2, 0.25) is 0 Å². The van der Waals surface area contributed by atoms with Crippen LogP contribution in [-0.2, 0) is 6.42 Å². The molecule has 0 bridgehead atoms. The Balaban J connectivity index is 1.21. The van der Waals surface area contributed by atoms with Crippen LogP contribution in [0.2, 0.25) is 0 Å². The van der Waals surface area contributed by atoms with Crippen molar-refractivity contribution in [2.45, 2.75) is 32.1 Å². The normalized spacial score (nSPS) is 24.8. The quantitative estimate of drug-likeness (QED) is 0.875. The number of thiazole rings is 1. The third-order valence-corrected chi connectivity index (χ3v) is 6.52. The van der Waals surface area contributed by atoms with Gasteiger partial charge in [0.25, 0.3) is 0 Å². The van der Waals surface area contributed by atoms with E-state index in [9.17, 15) is 4.79 Å². The molecule has 2 N–H and O–H groups in total. The van der Waals surface area contributed by atoms with Gasteiger partial charge in [-0.1, -0.05) is 31.2 Å². The summed E-state index contributed by atoms with van der Waals surface area (Å²) < 4.78 is 0. The van der Waals surface area contributed by atoms with Gasteiger partial charge in [-0.05, 0) is 42.2 Å². The minimum atomic E-state index is -0.0617. The van der Waals surface area contributed by atoms with E-state index in [-0.39, 0.29) is 11.9 Å². The molecular weight excluding hydrogens is 318 g/mol. The zero-order valence-electron chi connectivity index (χ0n) is 14.1. The summed E-state index contributed by atoms with van der Waals surface area (Å²) in [6.07, 6.45) is 1.18. The summed E-state index contributed by atoms with van der Waals surface area (Å²) in [4.78, 5) is 16.5. The van der Waals surface area contributed by atoms with Crippen LogP contribution in [0.1, 0.15) is 40.6 Å². The molecule has 1 aromatic heterocycles. The van der Waals surface area contributed by atoms with E-state index in [2.05, 4.69) is 52.2 Å². The fourth-order valence-corrected chi connectivity index (χ4v) is 4.82. The molecule has 0 saturated heterocycles. The van der Waals surface area contributed by atoms with E-state index < -0.39 is 0 Å². The lowest BCUT2D eigenvalue weighted by atomic mass is 10.0. The maximum Gasteiger partial charge on any atom is 0.314 e. The second-order valence-electron chi connectivity index (χ2n) is 7.08. The molecule has 2 aliphatic rings. The summed E-state index contributed by atoms with van der Waals surface area (Å²) in [6.45, 7) is 5.50. The molecule has 0 spiro atoms. The van der Waals surface area contributed by atoms with E-state index in [1.165, 1.54) is 17.5 Å². The number of rotatable bonds is 5. The fourth-order valence-electron chi connectivity index (χ4n) is 3.97. The van der Waals surface area contributed by atoms with Crippen molar-refractivity contribution in [2.75, 3.05) is 13.1 Å². The van der Waals surface area contributed by atoms with Crippen molar-refractivity contribution in [1.82, 2.24) is 15.6 Å². The number of hydrogen-bond acceptors (Lipinski definition) is 3. The Hall–Kier alpha value is -1.88. The first-order valence-electron chi connectivity index (χ1n) is 8.65. The lowest BCUT2D eigenvalue weighted by Gasteiger charge is -2.12. The first kappa shape index (κ1) is 15.6. The summed E-state index contributed by atoms with van der Waals surface area (Å²) in [6, 6.07) is 8.67. The Kier molecular flexibility index (Phi) is 4.04. The van der Waals surface area contributed by atoms with Gasteiger partial charge < -0.3 is 10.6 Å². The molecule has 0 radical (unpaired) electrons. The summed E-state index contributed by atoms with van der Waals surface area (Å²) in [5.74, 6) is 2.27. The summed E-state index contributed by atoms with van der Waals surface area (Å²) >= 11 is 1.66. The maximum absolute atomic E-state index is 12.0. The molecule has 24 heavy (non-hydrogen) atoms. The molecule has 4 nitrogen and oxygen atoms in total. The molecule has 2 amide bonds. The smallest absolute Gasteiger partial charge is 0.314 e. The third kappa shape index (κ3) is 2.93. The average Bonchev–Trinajstić information content (AvgIpc) is 2.92. The lowest BCUT2D eigenvalue weighted by Crippen LogP contribution is -2.38. The van der Waals surface area contributed by atoms with Crippen LogP contribution in [0, 0.1) is 18.8 Å². The van der Waals surface area contributed by atoms with Crippen LogP contribution in [0.25, 0.3) is 0 Å². The van der Waals surface area contributed by atoms with Gasteiger partial charge in [0, 0.05) is 30.1 Å². The van der Waals surface area contributed by atoms with Crippen LogP contribution in [-0.4, -0.2) is 24.1 Å². The average molecular weight is 341 g/mol. The first-order chi connectivity index (χ1) is 11.6. The molecule has 1 saturated carbocycles. The predicted octanol–water partition coefficient (Wildman–Crippen LogP) is 3.44. The van der Waals surface area contributed by atoms with Crippen LogP contribution in [0.15, 0.2) is 29.6 Å². The van der Waals surface area contributed by atoms with E-state index >= 15 is 0 Å².